The van der Waals surface area contributed by atoms with Crippen molar-refractivity contribution in [3.63, 3.8) is 0 Å². The largest absolute Gasteiger partial charge is 0.486 e. The topological polar surface area (TPSA) is 9.23 Å². The van der Waals surface area contributed by atoms with Crippen LogP contribution in [0, 0.1) is 0 Å². The number of para-hydroxylation sites is 1. The molecule has 0 amide bonds. The summed E-state index contributed by atoms with van der Waals surface area (Å²) in [5.74, 6) is 0.911. The highest BCUT2D eigenvalue weighted by Gasteiger charge is 2.05. The van der Waals surface area contributed by atoms with Gasteiger partial charge in [0.15, 0.2) is 0 Å². The molecule has 76 valence electrons. The van der Waals surface area contributed by atoms with Gasteiger partial charge in [0.25, 0.3) is 0 Å². The summed E-state index contributed by atoms with van der Waals surface area (Å²) in [6, 6.07) is 20.1. The summed E-state index contributed by atoms with van der Waals surface area (Å²) in [4.78, 5) is 0. The molecule has 0 aliphatic carbocycles. The molecule has 2 aromatic carbocycles. The Hall–Kier alpha value is -1.76. The van der Waals surface area contributed by atoms with E-state index in [1.54, 1.807) is 0 Å². The molecule has 0 unspecified atom stereocenters. The van der Waals surface area contributed by atoms with E-state index in [0.717, 1.165) is 5.75 Å². The molecule has 0 spiro atoms. The molecule has 0 heterocycles. The Kier molecular flexibility index (Phi) is 3.03. The lowest BCUT2D eigenvalue weighted by Crippen LogP contribution is -2.02. The van der Waals surface area contributed by atoms with Gasteiger partial charge in [-0.15, -0.1) is 0 Å². The average Bonchev–Trinajstić information content (AvgIpc) is 2.31. The van der Waals surface area contributed by atoms with E-state index < -0.39 is 0 Å². The second kappa shape index (κ2) is 4.65. The van der Waals surface area contributed by atoms with Gasteiger partial charge in [-0.1, -0.05) is 48.5 Å². The van der Waals surface area contributed by atoms with Gasteiger partial charge in [-0.05, 0) is 24.6 Å². The van der Waals surface area contributed by atoms with E-state index >= 15 is 0 Å². The molecule has 1 atom stereocenters. The van der Waals surface area contributed by atoms with Gasteiger partial charge >= 0.3 is 0 Å². The third-order valence-corrected chi connectivity index (χ3v) is 2.33. The molecule has 1 heteroatoms. The van der Waals surface area contributed by atoms with E-state index in [1.807, 2.05) is 48.5 Å². The second-order valence-electron chi connectivity index (χ2n) is 3.48. The highest BCUT2D eigenvalue weighted by Crippen LogP contribution is 2.20. The van der Waals surface area contributed by atoms with E-state index in [-0.39, 0.29) is 6.10 Å². The maximum absolute atomic E-state index is 5.80. The number of hydrogen-bond acceptors (Lipinski definition) is 1. The van der Waals surface area contributed by atoms with Crippen LogP contribution in [-0.4, -0.2) is 0 Å². The molecule has 15 heavy (non-hydrogen) atoms. The summed E-state index contributed by atoms with van der Waals surface area (Å²) >= 11 is 0. The zero-order chi connectivity index (χ0) is 10.5. The lowest BCUT2D eigenvalue weighted by atomic mass is 10.1. The lowest BCUT2D eigenvalue weighted by molar-refractivity contribution is 0.227. The van der Waals surface area contributed by atoms with Gasteiger partial charge in [-0.25, -0.2) is 0 Å². The first kappa shape index (κ1) is 9.78. The molecule has 0 N–H and O–H groups in total. The van der Waals surface area contributed by atoms with Crippen LogP contribution in [0.1, 0.15) is 18.6 Å². The van der Waals surface area contributed by atoms with Crippen LogP contribution in [0.2, 0.25) is 0 Å². The Morgan fingerprint density at radius 3 is 1.93 bits per heavy atom. The Labute approximate surface area is 90.3 Å². The van der Waals surface area contributed by atoms with Crippen LogP contribution in [0.15, 0.2) is 60.7 Å². The van der Waals surface area contributed by atoms with Crippen LogP contribution in [0.25, 0.3) is 0 Å². The molecule has 0 saturated heterocycles. The summed E-state index contributed by atoms with van der Waals surface area (Å²) in [6.45, 7) is 2.06. The molecule has 2 rings (SSSR count). The minimum Gasteiger partial charge on any atom is -0.486 e. The smallest absolute Gasteiger partial charge is 0.121 e. The number of rotatable bonds is 3. The first-order chi connectivity index (χ1) is 7.36. The third kappa shape index (κ3) is 2.59. The van der Waals surface area contributed by atoms with Crippen LogP contribution in [0.5, 0.6) is 5.75 Å². The fourth-order valence-electron chi connectivity index (χ4n) is 1.50. The van der Waals surface area contributed by atoms with E-state index in [9.17, 15) is 0 Å². The maximum Gasteiger partial charge on any atom is 0.121 e. The van der Waals surface area contributed by atoms with Gasteiger partial charge in [-0.3, -0.25) is 0 Å². The fourth-order valence-corrected chi connectivity index (χ4v) is 1.50. The molecule has 0 aromatic heterocycles. The first-order valence-corrected chi connectivity index (χ1v) is 5.13. The predicted molar refractivity (Wildman–Crippen MR) is 61.9 cm³/mol. The molecular weight excluding hydrogens is 184 g/mol. The van der Waals surface area contributed by atoms with Crippen molar-refractivity contribution in [2.45, 2.75) is 13.0 Å². The second-order valence-corrected chi connectivity index (χ2v) is 3.48. The van der Waals surface area contributed by atoms with Crippen molar-refractivity contribution < 1.29 is 4.74 Å². The van der Waals surface area contributed by atoms with Crippen LogP contribution in [0.3, 0.4) is 0 Å². The highest BCUT2D eigenvalue weighted by molar-refractivity contribution is 5.24. The molecular formula is C14H14O. The van der Waals surface area contributed by atoms with Crippen LogP contribution >= 0.6 is 0 Å². The highest BCUT2D eigenvalue weighted by atomic mass is 16.5. The summed E-state index contributed by atoms with van der Waals surface area (Å²) in [7, 11) is 0. The van der Waals surface area contributed by atoms with E-state index in [1.165, 1.54) is 5.56 Å². The molecule has 0 bridgehead atoms. The van der Waals surface area contributed by atoms with Crippen molar-refractivity contribution in [1.82, 2.24) is 0 Å². The van der Waals surface area contributed by atoms with Gasteiger partial charge in [0.2, 0.25) is 0 Å². The van der Waals surface area contributed by atoms with Crippen LogP contribution < -0.4 is 4.74 Å². The van der Waals surface area contributed by atoms with Gasteiger partial charge in [0.05, 0.1) is 0 Å². The number of ether oxygens (including phenoxy) is 1. The molecule has 0 fully saturated rings. The minimum atomic E-state index is 0.0913. The summed E-state index contributed by atoms with van der Waals surface area (Å²) in [5.41, 5.74) is 1.20. The van der Waals surface area contributed by atoms with E-state index in [0.29, 0.717) is 0 Å². The standard InChI is InChI=1S/C14H14O/c1-12(13-8-4-2-5-9-13)15-14-10-6-3-7-11-14/h2-12H,1H3/t12-/m0/s1. The Morgan fingerprint density at radius 2 is 1.33 bits per heavy atom. The van der Waals surface area contributed by atoms with Crippen molar-refractivity contribution in [2.24, 2.45) is 0 Å². The summed E-state index contributed by atoms with van der Waals surface area (Å²) in [5, 5.41) is 0. The third-order valence-electron chi connectivity index (χ3n) is 2.33. The van der Waals surface area contributed by atoms with E-state index in [2.05, 4.69) is 19.1 Å². The van der Waals surface area contributed by atoms with Crippen molar-refractivity contribution >= 4 is 0 Å². The van der Waals surface area contributed by atoms with Crippen molar-refractivity contribution in [1.29, 1.82) is 0 Å². The van der Waals surface area contributed by atoms with Crippen LogP contribution in [-0.2, 0) is 0 Å². The minimum absolute atomic E-state index is 0.0913. The lowest BCUT2D eigenvalue weighted by Gasteiger charge is -2.14. The molecule has 1 nitrogen and oxygen atoms in total. The van der Waals surface area contributed by atoms with Crippen molar-refractivity contribution in [3.05, 3.63) is 66.2 Å². The Balaban J connectivity index is 2.08. The number of hydrogen-bond donors (Lipinski definition) is 0. The Bertz CT molecular complexity index is 394. The maximum atomic E-state index is 5.80. The number of benzene rings is 2. The van der Waals surface area contributed by atoms with E-state index in [4.69, 9.17) is 4.74 Å². The average molecular weight is 198 g/mol. The summed E-state index contributed by atoms with van der Waals surface area (Å²) < 4.78 is 5.80. The van der Waals surface area contributed by atoms with Crippen molar-refractivity contribution in [2.75, 3.05) is 0 Å². The first-order valence-electron chi connectivity index (χ1n) is 5.13. The van der Waals surface area contributed by atoms with Gasteiger partial charge in [-0.2, -0.15) is 0 Å². The molecule has 0 aliphatic rings. The Morgan fingerprint density at radius 1 is 0.800 bits per heavy atom. The fraction of sp³-hybridized carbons (Fsp3) is 0.143. The molecule has 0 saturated carbocycles. The van der Waals surface area contributed by atoms with Gasteiger partial charge < -0.3 is 4.74 Å². The summed E-state index contributed by atoms with van der Waals surface area (Å²) in [6.07, 6.45) is 0.0913. The quantitative estimate of drug-likeness (QED) is 0.728. The van der Waals surface area contributed by atoms with Gasteiger partial charge in [0.1, 0.15) is 11.9 Å². The monoisotopic (exact) mass is 198 g/mol. The molecule has 0 radical (unpaired) electrons. The molecule has 0 aliphatic heterocycles. The SMILES string of the molecule is C[C@H](Oc1ccccc1)c1ccccc1. The van der Waals surface area contributed by atoms with Gasteiger partial charge in [0, 0.05) is 0 Å². The molecule has 2 aromatic rings. The normalized spacial score (nSPS) is 12.1. The van der Waals surface area contributed by atoms with Crippen LogP contribution in [0.4, 0.5) is 0 Å². The van der Waals surface area contributed by atoms with Crippen molar-refractivity contribution in [3.8, 4) is 5.75 Å². The zero-order valence-corrected chi connectivity index (χ0v) is 8.76. The predicted octanol–water partition coefficient (Wildman–Crippen LogP) is 3.83. The zero-order valence-electron chi connectivity index (χ0n) is 8.76.